The number of benzene rings is 3. The molecule has 0 saturated heterocycles. The first-order chi connectivity index (χ1) is 22.3. The number of ether oxygens (including phenoxy) is 1. The first-order valence-corrected chi connectivity index (χ1v) is 15.0. The Bertz CT molecular complexity index is 1870. The molecule has 5 aromatic rings. The Labute approximate surface area is 266 Å². The summed E-state index contributed by atoms with van der Waals surface area (Å²) in [4.78, 5) is 48.4. The number of H-pyrrole nitrogens is 2. The molecule has 2 aromatic heterocycles. The molecule has 3 amide bonds. The average molecular weight is 618 g/mol. The van der Waals surface area contributed by atoms with Crippen LogP contribution in [0.15, 0.2) is 104 Å². The smallest absolute Gasteiger partial charge is 0.247 e. The van der Waals surface area contributed by atoms with Crippen molar-refractivity contribution < 1.29 is 19.1 Å². The van der Waals surface area contributed by atoms with Gasteiger partial charge in [0, 0.05) is 65.6 Å². The fraction of sp³-hybridized carbons (Fsp3) is 0.229. The zero-order valence-corrected chi connectivity index (χ0v) is 25.9. The standard InChI is InChI=1S/C35H35N7O4/c1-24(2)42(27-13-15-28(46-3)16-14-27)32(43)23-40-19-20-41(26-9-5-4-6-10-26)34(45)35(33(40)44,21-25-17-18-36-37-25)22-31-29-11-7-8-12-30(29)38-39-31/h4-20,24H,21-23H2,1-3H3,(H,36,37)(H,38,39). The quantitative estimate of drug-likeness (QED) is 0.216. The zero-order valence-electron chi connectivity index (χ0n) is 25.9. The second-order valence-corrected chi connectivity index (χ2v) is 11.5. The number of fused-ring (bicyclic) bond motifs is 1. The molecule has 3 heterocycles. The lowest BCUT2D eigenvalue weighted by molar-refractivity contribution is -0.148. The van der Waals surface area contributed by atoms with Crippen LogP contribution in [0.5, 0.6) is 5.75 Å². The van der Waals surface area contributed by atoms with Gasteiger partial charge in [0.2, 0.25) is 17.7 Å². The van der Waals surface area contributed by atoms with Gasteiger partial charge in [-0.1, -0.05) is 36.4 Å². The van der Waals surface area contributed by atoms with E-state index >= 15 is 0 Å². The first-order valence-electron chi connectivity index (χ1n) is 15.0. The van der Waals surface area contributed by atoms with Crippen LogP contribution in [-0.2, 0) is 27.2 Å². The van der Waals surface area contributed by atoms with Crippen LogP contribution in [-0.4, -0.2) is 62.7 Å². The van der Waals surface area contributed by atoms with E-state index in [-0.39, 0.29) is 31.3 Å². The highest BCUT2D eigenvalue weighted by Gasteiger charge is 2.52. The molecule has 6 rings (SSSR count). The summed E-state index contributed by atoms with van der Waals surface area (Å²) in [6, 6.07) is 25.4. The molecule has 0 bridgehead atoms. The fourth-order valence-corrected chi connectivity index (χ4v) is 6.01. The van der Waals surface area contributed by atoms with Crippen molar-refractivity contribution in [2.75, 3.05) is 23.5 Å². The van der Waals surface area contributed by atoms with Crippen LogP contribution in [0.3, 0.4) is 0 Å². The van der Waals surface area contributed by atoms with E-state index in [1.807, 2.05) is 80.6 Å². The van der Waals surface area contributed by atoms with Crippen LogP contribution >= 0.6 is 0 Å². The lowest BCUT2D eigenvalue weighted by atomic mass is 9.75. The summed E-state index contributed by atoms with van der Waals surface area (Å²) in [5.74, 6) is -0.576. The molecular weight excluding hydrogens is 582 g/mol. The molecule has 46 heavy (non-hydrogen) atoms. The number of hydrogen-bond donors (Lipinski definition) is 2. The number of nitrogens with one attached hydrogen (secondary N) is 2. The Morgan fingerprint density at radius 2 is 1.63 bits per heavy atom. The molecule has 1 aliphatic rings. The predicted molar refractivity (Wildman–Crippen MR) is 175 cm³/mol. The second kappa shape index (κ2) is 12.7. The van der Waals surface area contributed by atoms with Crippen molar-refractivity contribution in [2.24, 2.45) is 5.41 Å². The Morgan fingerprint density at radius 3 is 2.33 bits per heavy atom. The van der Waals surface area contributed by atoms with Crippen LogP contribution in [0.1, 0.15) is 25.2 Å². The van der Waals surface area contributed by atoms with Crippen molar-refractivity contribution in [3.05, 3.63) is 115 Å². The lowest BCUT2D eigenvalue weighted by Gasteiger charge is -2.35. The van der Waals surface area contributed by atoms with Gasteiger partial charge in [-0.05, 0) is 62.4 Å². The molecule has 1 aliphatic heterocycles. The lowest BCUT2D eigenvalue weighted by Crippen LogP contribution is -2.54. The second-order valence-electron chi connectivity index (χ2n) is 11.5. The molecule has 2 N–H and O–H groups in total. The average Bonchev–Trinajstić information content (AvgIpc) is 3.72. The number of aromatic nitrogens is 4. The van der Waals surface area contributed by atoms with Crippen molar-refractivity contribution >= 4 is 40.0 Å². The number of nitrogens with zero attached hydrogens (tertiary/aromatic N) is 5. The van der Waals surface area contributed by atoms with E-state index in [2.05, 4.69) is 20.4 Å². The third-order valence-corrected chi connectivity index (χ3v) is 8.24. The van der Waals surface area contributed by atoms with E-state index < -0.39 is 17.2 Å². The van der Waals surface area contributed by atoms with E-state index in [0.29, 0.717) is 28.5 Å². The van der Waals surface area contributed by atoms with Gasteiger partial charge in [0.25, 0.3) is 0 Å². The van der Waals surface area contributed by atoms with Crippen molar-refractivity contribution in [3.63, 3.8) is 0 Å². The number of rotatable bonds is 10. The van der Waals surface area contributed by atoms with Crippen molar-refractivity contribution in [1.82, 2.24) is 25.3 Å². The maximum absolute atomic E-state index is 15.0. The number of hydrogen-bond acceptors (Lipinski definition) is 6. The maximum Gasteiger partial charge on any atom is 0.247 e. The molecule has 234 valence electrons. The summed E-state index contributed by atoms with van der Waals surface area (Å²) in [7, 11) is 1.58. The van der Waals surface area contributed by atoms with Gasteiger partial charge in [0.1, 0.15) is 17.7 Å². The minimum atomic E-state index is -1.68. The van der Waals surface area contributed by atoms with Gasteiger partial charge in [0.15, 0.2) is 0 Å². The van der Waals surface area contributed by atoms with Gasteiger partial charge in [0.05, 0.1) is 12.6 Å². The Balaban J connectivity index is 1.45. The van der Waals surface area contributed by atoms with Crippen molar-refractivity contribution in [1.29, 1.82) is 0 Å². The summed E-state index contributed by atoms with van der Waals surface area (Å²) in [6.07, 6.45) is 4.70. The summed E-state index contributed by atoms with van der Waals surface area (Å²) in [5, 5.41) is 15.4. The monoisotopic (exact) mass is 617 g/mol. The van der Waals surface area contributed by atoms with Crippen LogP contribution in [0.2, 0.25) is 0 Å². The van der Waals surface area contributed by atoms with Gasteiger partial charge in [-0.3, -0.25) is 29.5 Å². The molecule has 1 atom stereocenters. The fourth-order valence-electron chi connectivity index (χ4n) is 6.01. The van der Waals surface area contributed by atoms with Gasteiger partial charge in [-0.2, -0.15) is 10.2 Å². The normalized spacial score (nSPS) is 16.7. The molecule has 0 spiro atoms. The number of carbonyl (C=O) groups is 3. The molecular formula is C35H35N7O4. The van der Waals surface area contributed by atoms with Gasteiger partial charge in [-0.15, -0.1) is 0 Å². The van der Waals surface area contributed by atoms with Crippen LogP contribution in [0.25, 0.3) is 10.9 Å². The number of para-hydroxylation sites is 2. The van der Waals surface area contributed by atoms with E-state index in [1.54, 1.807) is 42.6 Å². The highest BCUT2D eigenvalue weighted by atomic mass is 16.5. The molecule has 0 aliphatic carbocycles. The first kappa shape index (κ1) is 30.3. The van der Waals surface area contributed by atoms with E-state index in [0.717, 1.165) is 10.9 Å². The van der Waals surface area contributed by atoms with Crippen LogP contribution in [0.4, 0.5) is 11.4 Å². The Morgan fingerprint density at radius 1 is 0.891 bits per heavy atom. The molecule has 11 nitrogen and oxygen atoms in total. The highest BCUT2D eigenvalue weighted by Crippen LogP contribution is 2.38. The zero-order chi connectivity index (χ0) is 32.3. The molecule has 11 heteroatoms. The van der Waals surface area contributed by atoms with Crippen LogP contribution < -0.4 is 14.5 Å². The number of amides is 3. The number of anilines is 2. The largest absolute Gasteiger partial charge is 0.497 e. The third kappa shape index (κ3) is 5.74. The number of methoxy groups -OCH3 is 1. The molecule has 3 aromatic carbocycles. The molecule has 0 saturated carbocycles. The Hall–Kier alpha value is -5.71. The number of aromatic amines is 2. The van der Waals surface area contributed by atoms with Gasteiger partial charge >= 0.3 is 0 Å². The molecule has 0 fully saturated rings. The number of carbonyl (C=O) groups excluding carboxylic acids is 3. The van der Waals surface area contributed by atoms with Crippen molar-refractivity contribution in [3.8, 4) is 5.75 Å². The Kier molecular flexibility index (Phi) is 8.39. The molecule has 1 unspecified atom stereocenters. The maximum atomic E-state index is 15.0. The summed E-state index contributed by atoms with van der Waals surface area (Å²) in [6.45, 7) is 3.54. The highest BCUT2D eigenvalue weighted by molar-refractivity contribution is 6.15. The third-order valence-electron chi connectivity index (χ3n) is 8.24. The molecule has 0 radical (unpaired) electrons. The van der Waals surface area contributed by atoms with Crippen LogP contribution in [0, 0.1) is 5.41 Å². The summed E-state index contributed by atoms with van der Waals surface area (Å²) < 4.78 is 5.30. The van der Waals surface area contributed by atoms with E-state index in [4.69, 9.17) is 4.74 Å². The topological polar surface area (TPSA) is 128 Å². The van der Waals surface area contributed by atoms with Gasteiger partial charge < -0.3 is 14.5 Å². The summed E-state index contributed by atoms with van der Waals surface area (Å²) >= 11 is 0. The summed E-state index contributed by atoms with van der Waals surface area (Å²) in [5.41, 5.74) is 1.55. The van der Waals surface area contributed by atoms with Gasteiger partial charge in [-0.25, -0.2) is 0 Å². The minimum absolute atomic E-state index is 0.00623. The minimum Gasteiger partial charge on any atom is -0.497 e. The van der Waals surface area contributed by atoms with Crippen molar-refractivity contribution in [2.45, 2.75) is 32.7 Å². The van der Waals surface area contributed by atoms with E-state index in [9.17, 15) is 14.4 Å². The van der Waals surface area contributed by atoms with E-state index in [1.165, 1.54) is 16.0 Å². The predicted octanol–water partition coefficient (Wildman–Crippen LogP) is 4.85. The SMILES string of the molecule is COc1ccc(N(C(=O)CN2C=CN(c3ccccc3)C(=O)C(Cc3ccn[nH]3)(Cc3[nH]nc4ccccc34)C2=O)C(C)C)cc1.